The van der Waals surface area contributed by atoms with Crippen molar-refractivity contribution in [1.82, 2.24) is 14.9 Å². The molecule has 1 amide bonds. The van der Waals surface area contributed by atoms with Gasteiger partial charge in [0.25, 0.3) is 5.91 Å². The van der Waals surface area contributed by atoms with Crippen LogP contribution in [-0.2, 0) is 6.42 Å². The molecule has 5 rings (SSSR count). The summed E-state index contributed by atoms with van der Waals surface area (Å²) in [6.07, 6.45) is 2.40. The number of ether oxygens (including phenoxy) is 2. The van der Waals surface area contributed by atoms with Crippen molar-refractivity contribution in [3.63, 3.8) is 0 Å². The highest BCUT2D eigenvalue weighted by Gasteiger charge is 2.36. The van der Waals surface area contributed by atoms with Crippen LogP contribution in [0.2, 0.25) is 0 Å². The summed E-state index contributed by atoms with van der Waals surface area (Å²) in [6, 6.07) is 13.0. The molecule has 0 saturated heterocycles. The smallest absolute Gasteiger partial charge is 0.290 e. The van der Waals surface area contributed by atoms with Crippen molar-refractivity contribution < 1.29 is 18.7 Å². The first kappa shape index (κ1) is 19.2. The highest BCUT2D eigenvalue weighted by atomic mass is 16.5. The van der Waals surface area contributed by atoms with E-state index in [1.165, 1.54) is 0 Å². The second-order valence-electron chi connectivity index (χ2n) is 7.61. The van der Waals surface area contributed by atoms with E-state index in [0.717, 1.165) is 33.7 Å². The fourth-order valence-corrected chi connectivity index (χ4v) is 4.29. The van der Waals surface area contributed by atoms with Gasteiger partial charge in [0.1, 0.15) is 23.1 Å². The number of rotatable bonds is 4. The number of amides is 1. The first-order valence-electron chi connectivity index (χ1n) is 10.1. The van der Waals surface area contributed by atoms with Crippen molar-refractivity contribution in [3.8, 4) is 11.5 Å². The van der Waals surface area contributed by atoms with Gasteiger partial charge in [-0.25, -0.2) is 4.98 Å². The number of imidazole rings is 1. The molecule has 1 aliphatic heterocycles. The van der Waals surface area contributed by atoms with Gasteiger partial charge in [0, 0.05) is 35.7 Å². The van der Waals surface area contributed by atoms with Crippen LogP contribution in [0, 0.1) is 6.92 Å². The third kappa shape index (κ3) is 3.13. The third-order valence-electron chi connectivity index (χ3n) is 5.96. The Balaban J connectivity index is 1.58. The third-order valence-corrected chi connectivity index (χ3v) is 5.96. The summed E-state index contributed by atoms with van der Waals surface area (Å²) in [5.41, 5.74) is 4.34. The molecule has 0 saturated carbocycles. The first-order valence-corrected chi connectivity index (χ1v) is 10.1. The van der Waals surface area contributed by atoms with E-state index < -0.39 is 0 Å². The monoisotopic (exact) mass is 417 g/mol. The number of carbonyl (C=O) groups is 1. The zero-order valence-corrected chi connectivity index (χ0v) is 17.6. The van der Waals surface area contributed by atoms with Gasteiger partial charge >= 0.3 is 0 Å². The van der Waals surface area contributed by atoms with Gasteiger partial charge in [0.2, 0.25) is 0 Å². The van der Waals surface area contributed by atoms with Crippen LogP contribution in [-0.4, -0.2) is 41.5 Å². The maximum Gasteiger partial charge on any atom is 0.290 e. The fraction of sp³-hybridized carbons (Fsp3) is 0.250. The largest absolute Gasteiger partial charge is 0.497 e. The Hall–Kier alpha value is -3.74. The first-order chi connectivity index (χ1) is 15.1. The van der Waals surface area contributed by atoms with Gasteiger partial charge in [0.05, 0.1) is 26.2 Å². The molecule has 0 radical (unpaired) electrons. The average Bonchev–Trinajstić information content (AvgIpc) is 3.42. The van der Waals surface area contributed by atoms with Crippen LogP contribution in [0.3, 0.4) is 0 Å². The number of methoxy groups -OCH3 is 2. The summed E-state index contributed by atoms with van der Waals surface area (Å²) >= 11 is 0. The maximum absolute atomic E-state index is 13.7. The molecular formula is C24H23N3O4. The lowest BCUT2D eigenvalue weighted by Crippen LogP contribution is -2.40. The Morgan fingerprint density at radius 3 is 2.61 bits per heavy atom. The molecule has 31 heavy (non-hydrogen) atoms. The van der Waals surface area contributed by atoms with E-state index in [4.69, 9.17) is 13.9 Å². The summed E-state index contributed by atoms with van der Waals surface area (Å²) in [7, 11) is 3.24. The van der Waals surface area contributed by atoms with Gasteiger partial charge in [0.15, 0.2) is 5.76 Å². The summed E-state index contributed by atoms with van der Waals surface area (Å²) in [5.74, 6) is 1.65. The van der Waals surface area contributed by atoms with Crippen LogP contribution >= 0.6 is 0 Å². The summed E-state index contributed by atoms with van der Waals surface area (Å²) < 4.78 is 16.6. The molecule has 1 aliphatic rings. The van der Waals surface area contributed by atoms with Crippen molar-refractivity contribution in [2.24, 2.45) is 0 Å². The quantitative estimate of drug-likeness (QED) is 0.536. The van der Waals surface area contributed by atoms with Crippen LogP contribution in [0.4, 0.5) is 0 Å². The van der Waals surface area contributed by atoms with Crippen LogP contribution in [0.25, 0.3) is 11.0 Å². The molecule has 1 atom stereocenters. The van der Waals surface area contributed by atoms with E-state index in [9.17, 15) is 4.79 Å². The lowest BCUT2D eigenvalue weighted by Gasteiger charge is -2.35. The Labute approximate surface area is 179 Å². The van der Waals surface area contributed by atoms with Crippen LogP contribution in [0.5, 0.6) is 11.5 Å². The molecule has 7 heteroatoms. The number of furan rings is 1. The van der Waals surface area contributed by atoms with Gasteiger partial charge in [-0.15, -0.1) is 0 Å². The van der Waals surface area contributed by atoms with Gasteiger partial charge < -0.3 is 23.8 Å². The Bertz CT molecular complexity index is 1260. The van der Waals surface area contributed by atoms with Crippen molar-refractivity contribution in [3.05, 3.63) is 77.1 Å². The zero-order valence-electron chi connectivity index (χ0n) is 17.6. The topological polar surface area (TPSA) is 80.6 Å². The molecule has 0 aliphatic carbocycles. The number of nitrogens with zero attached hydrogens (tertiary/aromatic N) is 2. The molecule has 158 valence electrons. The van der Waals surface area contributed by atoms with Gasteiger partial charge in [-0.1, -0.05) is 12.1 Å². The summed E-state index contributed by atoms with van der Waals surface area (Å²) in [6.45, 7) is 2.47. The highest BCUT2D eigenvalue weighted by Crippen LogP contribution is 2.37. The molecule has 3 heterocycles. The van der Waals surface area contributed by atoms with Crippen molar-refractivity contribution >= 4 is 16.9 Å². The number of hydrogen-bond donors (Lipinski definition) is 1. The molecule has 1 N–H and O–H groups in total. The van der Waals surface area contributed by atoms with Gasteiger partial charge in [-0.2, -0.15) is 0 Å². The van der Waals surface area contributed by atoms with Crippen molar-refractivity contribution in [2.45, 2.75) is 19.4 Å². The fourth-order valence-electron chi connectivity index (χ4n) is 4.29. The lowest BCUT2D eigenvalue weighted by atomic mass is 9.95. The van der Waals surface area contributed by atoms with Crippen LogP contribution in [0.1, 0.15) is 39.1 Å². The zero-order chi connectivity index (χ0) is 21.5. The van der Waals surface area contributed by atoms with E-state index in [2.05, 4.69) is 9.97 Å². The number of nitrogens with one attached hydrogen (secondary N) is 1. The predicted octanol–water partition coefficient (Wildman–Crippen LogP) is 4.27. The average molecular weight is 417 g/mol. The molecule has 0 spiro atoms. The lowest BCUT2D eigenvalue weighted by molar-refractivity contribution is 0.0659. The molecule has 0 fully saturated rings. The standard InChI is InChI=1S/C24H23N3O4/c1-14-18-9-8-17(30-3)12-20(18)31-23(14)24(28)27-11-10-19-21(26-13-25-19)22(27)15-4-6-16(29-2)7-5-15/h4-9,12-13,22H,10-11H2,1-3H3,(H,25,26)/t22-/m0/s1. The minimum absolute atomic E-state index is 0.151. The second kappa shape index (κ2) is 7.50. The number of aromatic amines is 1. The van der Waals surface area contributed by atoms with Crippen molar-refractivity contribution in [2.75, 3.05) is 20.8 Å². The number of fused-ring (bicyclic) bond motifs is 2. The Morgan fingerprint density at radius 1 is 1.13 bits per heavy atom. The molecule has 7 nitrogen and oxygen atoms in total. The van der Waals surface area contributed by atoms with Gasteiger partial charge in [-0.3, -0.25) is 4.79 Å². The van der Waals surface area contributed by atoms with E-state index in [-0.39, 0.29) is 11.9 Å². The Kier molecular flexibility index (Phi) is 4.66. The maximum atomic E-state index is 13.7. The van der Waals surface area contributed by atoms with E-state index in [0.29, 0.717) is 30.1 Å². The molecule has 2 aromatic carbocycles. The molecule has 0 bridgehead atoms. The number of hydrogen-bond acceptors (Lipinski definition) is 5. The number of carbonyl (C=O) groups excluding carboxylic acids is 1. The number of H-pyrrole nitrogens is 1. The number of benzene rings is 2. The van der Waals surface area contributed by atoms with Crippen molar-refractivity contribution in [1.29, 1.82) is 0 Å². The predicted molar refractivity (Wildman–Crippen MR) is 116 cm³/mol. The molecule has 0 unspecified atom stereocenters. The van der Waals surface area contributed by atoms with E-state index in [1.807, 2.05) is 54.3 Å². The van der Waals surface area contributed by atoms with Crippen LogP contribution in [0.15, 0.2) is 53.2 Å². The number of aromatic nitrogens is 2. The SMILES string of the molecule is COc1ccc([C@H]2c3nc[nH]c3CCN2C(=O)c2oc3cc(OC)ccc3c2C)cc1. The minimum atomic E-state index is -0.310. The molecule has 2 aromatic heterocycles. The highest BCUT2D eigenvalue weighted by molar-refractivity contribution is 5.99. The summed E-state index contributed by atoms with van der Waals surface area (Å²) in [5, 5.41) is 0.905. The van der Waals surface area contributed by atoms with Gasteiger partial charge in [-0.05, 0) is 36.8 Å². The molecule has 4 aromatic rings. The van der Waals surface area contributed by atoms with E-state index in [1.54, 1.807) is 20.5 Å². The van der Waals surface area contributed by atoms with E-state index >= 15 is 0 Å². The second-order valence-corrected chi connectivity index (χ2v) is 7.61. The summed E-state index contributed by atoms with van der Waals surface area (Å²) in [4.78, 5) is 23.3. The normalized spacial score (nSPS) is 15.7. The van der Waals surface area contributed by atoms with Crippen LogP contribution < -0.4 is 9.47 Å². The minimum Gasteiger partial charge on any atom is -0.497 e. The molecular weight excluding hydrogens is 394 g/mol. The Morgan fingerprint density at radius 2 is 1.87 bits per heavy atom. The number of aryl methyl sites for hydroxylation is 1.